The van der Waals surface area contributed by atoms with Crippen LogP contribution in [0.1, 0.15) is 64.3 Å². The van der Waals surface area contributed by atoms with Gasteiger partial charge in [0, 0.05) is 30.7 Å². The van der Waals surface area contributed by atoms with E-state index in [2.05, 4.69) is 20.2 Å². The van der Waals surface area contributed by atoms with Crippen molar-refractivity contribution in [3.8, 4) is 6.07 Å². The fourth-order valence-corrected chi connectivity index (χ4v) is 4.62. The molecule has 4 N–H and O–H groups in total. The van der Waals surface area contributed by atoms with Crippen LogP contribution in [0.15, 0.2) is 36.7 Å². The number of rotatable bonds is 5. The largest absolute Gasteiger partial charge is 0.351 e. The maximum Gasteiger partial charge on any atom is 0.227 e. The molecule has 168 valence electrons. The summed E-state index contributed by atoms with van der Waals surface area (Å²) in [6.45, 7) is 1.43. The van der Waals surface area contributed by atoms with Gasteiger partial charge in [-0.1, -0.05) is 31.0 Å². The van der Waals surface area contributed by atoms with E-state index in [9.17, 15) is 0 Å². The molecule has 32 heavy (non-hydrogen) atoms. The van der Waals surface area contributed by atoms with Gasteiger partial charge in [0.05, 0.1) is 12.4 Å². The third-order valence-electron chi connectivity index (χ3n) is 6.28. The third-order valence-corrected chi connectivity index (χ3v) is 6.28. The Bertz CT molecular complexity index is 1040. The molecule has 2 aliphatic rings. The van der Waals surface area contributed by atoms with Gasteiger partial charge in [-0.2, -0.15) is 15.2 Å². The number of nitrogens with zero attached hydrogens (tertiary/aromatic N) is 5. The van der Waals surface area contributed by atoms with Gasteiger partial charge in [0.15, 0.2) is 17.0 Å². The molecule has 2 aliphatic carbocycles. The van der Waals surface area contributed by atoms with E-state index in [4.69, 9.17) is 21.0 Å². The summed E-state index contributed by atoms with van der Waals surface area (Å²) in [5.74, 6) is 1.43. The zero-order valence-electron chi connectivity index (χ0n) is 18.7. The molecular formula is C24H32N8. The second kappa shape index (κ2) is 10.4. The van der Waals surface area contributed by atoms with Gasteiger partial charge in [-0.05, 0) is 50.7 Å². The zero-order chi connectivity index (χ0) is 22.3. The standard InChI is InChI=1S/C22H29N7.C2H3N/c23-15-10-12-17(13-11-15)26-22-27-20(25-16-6-2-1-3-7-16)19-21(28-22)29(14-24-19)18-8-4-5-9-18;1-2-3/h1-3,6-7,14-15,17-18H,4-5,8-13,23H2,(H2,25,26,27,28);1H3. The summed E-state index contributed by atoms with van der Waals surface area (Å²) in [7, 11) is 0. The molecule has 2 aromatic heterocycles. The van der Waals surface area contributed by atoms with Crippen molar-refractivity contribution >= 4 is 28.6 Å². The van der Waals surface area contributed by atoms with Crippen LogP contribution in [-0.2, 0) is 0 Å². The van der Waals surface area contributed by atoms with Gasteiger partial charge in [-0.25, -0.2) is 4.98 Å². The van der Waals surface area contributed by atoms with Crippen LogP contribution in [0.4, 0.5) is 17.5 Å². The summed E-state index contributed by atoms with van der Waals surface area (Å²) >= 11 is 0. The van der Waals surface area contributed by atoms with Crippen molar-refractivity contribution in [3.63, 3.8) is 0 Å². The van der Waals surface area contributed by atoms with Crippen LogP contribution < -0.4 is 16.4 Å². The van der Waals surface area contributed by atoms with E-state index < -0.39 is 0 Å². The van der Waals surface area contributed by atoms with E-state index in [1.807, 2.05) is 36.7 Å². The van der Waals surface area contributed by atoms with Crippen molar-refractivity contribution in [2.45, 2.75) is 76.4 Å². The minimum Gasteiger partial charge on any atom is -0.351 e. The molecule has 0 bridgehead atoms. The number of aromatic nitrogens is 4. The SMILES string of the molecule is CC#N.NC1CCC(Nc2nc(Nc3ccccc3)c3ncn(C4CCCC4)c3n2)CC1. The van der Waals surface area contributed by atoms with Crippen LogP contribution in [0.25, 0.3) is 11.2 Å². The molecule has 0 radical (unpaired) electrons. The Balaban J connectivity index is 0.000000775. The van der Waals surface area contributed by atoms with E-state index in [0.717, 1.165) is 48.4 Å². The van der Waals surface area contributed by atoms with Crippen molar-refractivity contribution in [3.05, 3.63) is 36.7 Å². The number of imidazole rings is 1. The first-order chi connectivity index (χ1) is 15.7. The molecule has 2 fully saturated rings. The molecule has 0 amide bonds. The lowest BCUT2D eigenvalue weighted by Crippen LogP contribution is -2.33. The minimum atomic E-state index is 0.329. The van der Waals surface area contributed by atoms with Gasteiger partial charge in [0.25, 0.3) is 0 Å². The summed E-state index contributed by atoms with van der Waals surface area (Å²) in [5, 5.41) is 14.3. The molecular weight excluding hydrogens is 400 g/mol. The van der Waals surface area contributed by atoms with Crippen molar-refractivity contribution in [2.75, 3.05) is 10.6 Å². The number of nitrogens with two attached hydrogens (primary N) is 1. The smallest absolute Gasteiger partial charge is 0.227 e. The van der Waals surface area contributed by atoms with E-state index in [1.54, 1.807) is 6.07 Å². The average Bonchev–Trinajstić information content (AvgIpc) is 3.47. The molecule has 0 atom stereocenters. The first-order valence-corrected chi connectivity index (χ1v) is 11.6. The topological polar surface area (TPSA) is 117 Å². The Hall–Kier alpha value is -3.18. The maximum absolute atomic E-state index is 7.32. The summed E-state index contributed by atoms with van der Waals surface area (Å²) < 4.78 is 2.25. The molecule has 2 saturated carbocycles. The molecule has 2 heterocycles. The molecule has 0 unspecified atom stereocenters. The van der Waals surface area contributed by atoms with Crippen molar-refractivity contribution in [1.29, 1.82) is 5.26 Å². The van der Waals surface area contributed by atoms with E-state index in [0.29, 0.717) is 24.1 Å². The van der Waals surface area contributed by atoms with Gasteiger partial charge in [-0.3, -0.25) is 0 Å². The summed E-state index contributed by atoms with van der Waals surface area (Å²) in [6, 6.07) is 13.1. The lowest BCUT2D eigenvalue weighted by molar-refractivity contribution is 0.410. The lowest BCUT2D eigenvalue weighted by Gasteiger charge is -2.27. The Morgan fingerprint density at radius 3 is 2.41 bits per heavy atom. The van der Waals surface area contributed by atoms with Crippen molar-refractivity contribution in [1.82, 2.24) is 19.5 Å². The summed E-state index contributed by atoms with van der Waals surface area (Å²) in [5.41, 5.74) is 8.82. The van der Waals surface area contributed by atoms with E-state index in [-0.39, 0.29) is 0 Å². The predicted molar refractivity (Wildman–Crippen MR) is 128 cm³/mol. The highest BCUT2D eigenvalue weighted by molar-refractivity contribution is 5.86. The van der Waals surface area contributed by atoms with E-state index in [1.165, 1.54) is 32.6 Å². The molecule has 1 aromatic carbocycles. The van der Waals surface area contributed by atoms with Crippen LogP contribution in [0.3, 0.4) is 0 Å². The number of fused-ring (bicyclic) bond motifs is 1. The second-order valence-corrected chi connectivity index (χ2v) is 8.63. The Morgan fingerprint density at radius 2 is 1.72 bits per heavy atom. The van der Waals surface area contributed by atoms with Crippen molar-refractivity contribution < 1.29 is 0 Å². The van der Waals surface area contributed by atoms with Crippen LogP contribution in [0, 0.1) is 11.3 Å². The Kier molecular flexibility index (Phi) is 7.17. The normalized spacial score (nSPS) is 20.9. The fourth-order valence-electron chi connectivity index (χ4n) is 4.62. The highest BCUT2D eigenvalue weighted by atomic mass is 15.2. The molecule has 0 saturated heterocycles. The zero-order valence-corrected chi connectivity index (χ0v) is 18.7. The monoisotopic (exact) mass is 432 g/mol. The number of benzene rings is 1. The Labute approximate surface area is 189 Å². The average molecular weight is 433 g/mol. The fraction of sp³-hybridized carbons (Fsp3) is 0.500. The number of para-hydroxylation sites is 1. The van der Waals surface area contributed by atoms with Crippen molar-refractivity contribution in [2.24, 2.45) is 5.73 Å². The predicted octanol–water partition coefficient (Wildman–Crippen LogP) is 4.90. The van der Waals surface area contributed by atoms with Gasteiger partial charge in [0.2, 0.25) is 5.95 Å². The van der Waals surface area contributed by atoms with Crippen LogP contribution >= 0.6 is 0 Å². The van der Waals surface area contributed by atoms with Gasteiger partial charge in [0.1, 0.15) is 0 Å². The number of nitrogens with one attached hydrogen (secondary N) is 2. The lowest BCUT2D eigenvalue weighted by atomic mass is 9.92. The first-order valence-electron chi connectivity index (χ1n) is 11.6. The molecule has 8 nitrogen and oxygen atoms in total. The molecule has 5 rings (SSSR count). The van der Waals surface area contributed by atoms with Crippen LogP contribution in [0.2, 0.25) is 0 Å². The third kappa shape index (κ3) is 5.17. The van der Waals surface area contributed by atoms with Gasteiger partial charge < -0.3 is 20.9 Å². The van der Waals surface area contributed by atoms with Gasteiger partial charge in [-0.15, -0.1) is 0 Å². The molecule has 0 spiro atoms. The number of nitriles is 1. The number of anilines is 3. The molecule has 0 aliphatic heterocycles. The minimum absolute atomic E-state index is 0.329. The Morgan fingerprint density at radius 1 is 1.03 bits per heavy atom. The summed E-state index contributed by atoms with van der Waals surface area (Å²) in [6.07, 6.45) is 11.1. The van der Waals surface area contributed by atoms with Gasteiger partial charge >= 0.3 is 0 Å². The maximum atomic E-state index is 7.32. The molecule has 3 aromatic rings. The second-order valence-electron chi connectivity index (χ2n) is 8.63. The molecule has 8 heteroatoms. The first kappa shape index (κ1) is 22.0. The highest BCUT2D eigenvalue weighted by Crippen LogP contribution is 2.34. The van der Waals surface area contributed by atoms with E-state index >= 15 is 0 Å². The quantitative estimate of drug-likeness (QED) is 0.525. The van der Waals surface area contributed by atoms with Crippen LogP contribution in [-0.4, -0.2) is 31.6 Å². The number of hydrogen-bond acceptors (Lipinski definition) is 7. The summed E-state index contributed by atoms with van der Waals surface area (Å²) in [4.78, 5) is 14.4. The number of hydrogen-bond donors (Lipinski definition) is 3. The van der Waals surface area contributed by atoms with Crippen LogP contribution in [0.5, 0.6) is 0 Å². The highest BCUT2D eigenvalue weighted by Gasteiger charge is 2.23.